The Kier molecular flexibility index (Phi) is 5.52. The Bertz CT molecular complexity index is 66.1. The largest absolute Gasteiger partial charge is 0.330 e. The summed E-state index contributed by atoms with van der Waals surface area (Å²) in [5.41, 5.74) is 21.9. The maximum atomic E-state index is 5.65. The molecule has 62 valence electrons. The van der Waals surface area contributed by atoms with Crippen molar-refractivity contribution in [2.75, 3.05) is 13.1 Å². The van der Waals surface area contributed by atoms with Gasteiger partial charge in [-0.3, -0.25) is 0 Å². The van der Waals surface area contributed by atoms with Gasteiger partial charge in [-0.05, 0) is 25.9 Å². The minimum atomic E-state index is 0.00792. The van der Waals surface area contributed by atoms with Crippen LogP contribution in [-0.2, 0) is 0 Å². The molecule has 0 saturated carbocycles. The van der Waals surface area contributed by atoms with E-state index in [0.717, 1.165) is 12.8 Å². The van der Waals surface area contributed by atoms with Crippen LogP contribution in [0.2, 0.25) is 0 Å². The van der Waals surface area contributed by atoms with Gasteiger partial charge in [0, 0.05) is 12.1 Å². The van der Waals surface area contributed by atoms with Gasteiger partial charge in [-0.1, -0.05) is 0 Å². The molecule has 0 aliphatic rings. The van der Waals surface area contributed by atoms with Crippen LogP contribution in [0.15, 0.2) is 0 Å². The van der Waals surface area contributed by atoms with E-state index in [1.165, 1.54) is 0 Å². The minimum absolute atomic E-state index is 0.00792. The zero-order chi connectivity index (χ0) is 7.98. The Labute approximate surface area is 61.9 Å². The molecule has 8 N–H and O–H groups in total. The zero-order valence-electron chi connectivity index (χ0n) is 6.29. The molecule has 0 aromatic rings. The van der Waals surface area contributed by atoms with E-state index < -0.39 is 0 Å². The van der Waals surface area contributed by atoms with Crippen LogP contribution >= 0.6 is 0 Å². The maximum Gasteiger partial charge on any atom is 0.0204 e. The average Bonchev–Trinajstić information content (AvgIpc) is 1.89. The molecule has 2 unspecified atom stereocenters. The molecule has 0 fully saturated rings. The summed E-state index contributed by atoms with van der Waals surface area (Å²) >= 11 is 0. The minimum Gasteiger partial charge on any atom is -0.330 e. The number of hydrogen-bond acceptors (Lipinski definition) is 4. The molecular weight excluding hydrogens is 128 g/mol. The molecule has 0 radical (unpaired) electrons. The molecule has 0 bridgehead atoms. The number of rotatable bonds is 5. The summed E-state index contributed by atoms with van der Waals surface area (Å²) in [6.07, 6.45) is 1.56. The molecule has 0 rings (SSSR count). The molecule has 0 saturated heterocycles. The van der Waals surface area contributed by atoms with Gasteiger partial charge in [0.05, 0.1) is 0 Å². The lowest BCUT2D eigenvalue weighted by Crippen LogP contribution is -2.43. The van der Waals surface area contributed by atoms with E-state index in [4.69, 9.17) is 22.9 Å². The molecule has 4 nitrogen and oxygen atoms in total. The SMILES string of the molecule is NCCC(N)C(N)CCN. The highest BCUT2D eigenvalue weighted by Crippen LogP contribution is 1.94. The smallest absolute Gasteiger partial charge is 0.0204 e. The Balaban J connectivity index is 3.38. The molecule has 0 aliphatic carbocycles. The van der Waals surface area contributed by atoms with E-state index in [1.54, 1.807) is 0 Å². The first kappa shape index (κ1) is 9.84. The number of hydrogen-bond donors (Lipinski definition) is 4. The Morgan fingerprint density at radius 1 is 0.800 bits per heavy atom. The second kappa shape index (κ2) is 5.61. The highest BCUT2D eigenvalue weighted by atomic mass is 14.8. The standard InChI is InChI=1S/C6H18N4/c7-3-1-5(9)6(10)2-4-8/h5-6H,1-4,7-10H2. The lowest BCUT2D eigenvalue weighted by atomic mass is 10.0. The fourth-order valence-electron chi connectivity index (χ4n) is 0.813. The van der Waals surface area contributed by atoms with Crippen molar-refractivity contribution in [3.05, 3.63) is 0 Å². The van der Waals surface area contributed by atoms with Gasteiger partial charge in [0.15, 0.2) is 0 Å². The van der Waals surface area contributed by atoms with Crippen LogP contribution in [0.1, 0.15) is 12.8 Å². The van der Waals surface area contributed by atoms with E-state index in [1.807, 2.05) is 0 Å². The Morgan fingerprint density at radius 2 is 1.10 bits per heavy atom. The average molecular weight is 146 g/mol. The van der Waals surface area contributed by atoms with Crippen molar-refractivity contribution in [2.24, 2.45) is 22.9 Å². The first-order valence-corrected chi connectivity index (χ1v) is 3.63. The lowest BCUT2D eigenvalue weighted by molar-refractivity contribution is 0.479. The van der Waals surface area contributed by atoms with Crippen molar-refractivity contribution < 1.29 is 0 Å². The molecule has 0 spiro atoms. The zero-order valence-corrected chi connectivity index (χ0v) is 6.29. The van der Waals surface area contributed by atoms with Crippen molar-refractivity contribution >= 4 is 0 Å². The molecule has 0 amide bonds. The topological polar surface area (TPSA) is 104 Å². The van der Waals surface area contributed by atoms with Crippen LogP contribution in [0.3, 0.4) is 0 Å². The molecule has 0 heterocycles. The monoisotopic (exact) mass is 146 g/mol. The van der Waals surface area contributed by atoms with Gasteiger partial charge in [0.25, 0.3) is 0 Å². The molecule has 0 aromatic heterocycles. The molecule has 0 aromatic carbocycles. The fourth-order valence-corrected chi connectivity index (χ4v) is 0.813. The van der Waals surface area contributed by atoms with Crippen LogP contribution in [0, 0.1) is 0 Å². The Hall–Kier alpha value is -0.160. The second-order valence-electron chi connectivity index (χ2n) is 2.48. The maximum absolute atomic E-state index is 5.65. The fraction of sp³-hybridized carbons (Fsp3) is 1.00. The van der Waals surface area contributed by atoms with Crippen LogP contribution in [-0.4, -0.2) is 25.2 Å². The van der Waals surface area contributed by atoms with Crippen LogP contribution in [0.5, 0.6) is 0 Å². The van der Waals surface area contributed by atoms with Crippen LogP contribution in [0.4, 0.5) is 0 Å². The predicted octanol–water partition coefficient (Wildman–Crippen LogP) is -1.66. The lowest BCUT2D eigenvalue weighted by Gasteiger charge is -2.17. The van der Waals surface area contributed by atoms with E-state index >= 15 is 0 Å². The molecular formula is C6H18N4. The van der Waals surface area contributed by atoms with E-state index in [-0.39, 0.29) is 12.1 Å². The van der Waals surface area contributed by atoms with Crippen LogP contribution < -0.4 is 22.9 Å². The second-order valence-corrected chi connectivity index (χ2v) is 2.48. The summed E-state index contributed by atoms with van der Waals surface area (Å²) in [5.74, 6) is 0. The number of nitrogens with two attached hydrogens (primary N) is 4. The normalized spacial score (nSPS) is 16.8. The van der Waals surface area contributed by atoms with Gasteiger partial charge >= 0.3 is 0 Å². The van der Waals surface area contributed by atoms with Crippen molar-refractivity contribution in [2.45, 2.75) is 24.9 Å². The third kappa shape index (κ3) is 3.79. The van der Waals surface area contributed by atoms with Crippen molar-refractivity contribution in [3.63, 3.8) is 0 Å². The molecule has 2 atom stereocenters. The summed E-state index contributed by atoms with van der Waals surface area (Å²) in [6.45, 7) is 1.19. The predicted molar refractivity (Wildman–Crippen MR) is 43.3 cm³/mol. The van der Waals surface area contributed by atoms with Crippen LogP contribution in [0.25, 0.3) is 0 Å². The van der Waals surface area contributed by atoms with Gasteiger partial charge in [0.1, 0.15) is 0 Å². The third-order valence-electron chi connectivity index (χ3n) is 1.55. The first-order chi connectivity index (χ1) is 4.72. The Morgan fingerprint density at radius 3 is 1.30 bits per heavy atom. The summed E-state index contributed by atoms with van der Waals surface area (Å²) in [5, 5.41) is 0. The summed E-state index contributed by atoms with van der Waals surface area (Å²) in [4.78, 5) is 0. The van der Waals surface area contributed by atoms with Gasteiger partial charge in [-0.15, -0.1) is 0 Å². The van der Waals surface area contributed by atoms with Gasteiger partial charge < -0.3 is 22.9 Å². The summed E-state index contributed by atoms with van der Waals surface area (Å²) < 4.78 is 0. The van der Waals surface area contributed by atoms with E-state index in [9.17, 15) is 0 Å². The van der Waals surface area contributed by atoms with E-state index in [0.29, 0.717) is 13.1 Å². The highest BCUT2D eigenvalue weighted by Gasteiger charge is 2.10. The van der Waals surface area contributed by atoms with Gasteiger partial charge in [-0.2, -0.15) is 0 Å². The van der Waals surface area contributed by atoms with E-state index in [2.05, 4.69) is 0 Å². The van der Waals surface area contributed by atoms with Gasteiger partial charge in [0.2, 0.25) is 0 Å². The quantitative estimate of drug-likeness (QED) is 0.372. The van der Waals surface area contributed by atoms with Gasteiger partial charge in [-0.25, -0.2) is 0 Å². The molecule has 0 aliphatic heterocycles. The highest BCUT2D eigenvalue weighted by molar-refractivity contribution is 4.75. The molecule has 4 heteroatoms. The summed E-state index contributed by atoms with van der Waals surface area (Å²) in [6, 6.07) is 0.0158. The summed E-state index contributed by atoms with van der Waals surface area (Å²) in [7, 11) is 0. The third-order valence-corrected chi connectivity index (χ3v) is 1.55. The van der Waals surface area contributed by atoms with Crippen molar-refractivity contribution in [1.29, 1.82) is 0 Å². The van der Waals surface area contributed by atoms with Crippen molar-refractivity contribution in [1.82, 2.24) is 0 Å². The molecule has 10 heavy (non-hydrogen) atoms. The first-order valence-electron chi connectivity index (χ1n) is 3.63. The van der Waals surface area contributed by atoms with Crippen molar-refractivity contribution in [3.8, 4) is 0 Å².